The van der Waals surface area contributed by atoms with Crippen molar-refractivity contribution < 1.29 is 0 Å². The number of nitriles is 1. The Morgan fingerprint density at radius 2 is 2.31 bits per heavy atom. The Kier molecular flexibility index (Phi) is 8.33. The number of nitrogens with one attached hydrogen (secondary N) is 1. The summed E-state index contributed by atoms with van der Waals surface area (Å²) < 4.78 is 0. The quantitative estimate of drug-likeness (QED) is 0.372. The Bertz CT molecular complexity index is 169. The van der Waals surface area contributed by atoms with E-state index < -0.39 is 0 Å². The van der Waals surface area contributed by atoms with Gasteiger partial charge in [-0.2, -0.15) is 10.4 Å². The molecule has 3 nitrogen and oxygen atoms in total. The van der Waals surface area contributed by atoms with E-state index in [2.05, 4.69) is 23.5 Å². The first-order valence-electron chi connectivity index (χ1n) is 4.95. The van der Waals surface area contributed by atoms with Crippen LogP contribution in [0.2, 0.25) is 0 Å². The fourth-order valence-electron chi connectivity index (χ4n) is 0.913. The van der Waals surface area contributed by atoms with Crippen LogP contribution >= 0.6 is 0 Å². The first kappa shape index (κ1) is 12.0. The summed E-state index contributed by atoms with van der Waals surface area (Å²) in [6.45, 7) is 4.14. The van der Waals surface area contributed by atoms with Gasteiger partial charge in [0.2, 0.25) is 0 Å². The van der Waals surface area contributed by atoms with Crippen molar-refractivity contribution in [2.24, 2.45) is 5.10 Å². The van der Waals surface area contributed by atoms with Gasteiger partial charge in [-0.3, -0.25) is 0 Å². The van der Waals surface area contributed by atoms with Crippen molar-refractivity contribution in [1.29, 1.82) is 5.26 Å². The van der Waals surface area contributed by atoms with Crippen molar-refractivity contribution in [2.45, 2.75) is 52.0 Å². The molecule has 0 heterocycles. The summed E-state index contributed by atoms with van der Waals surface area (Å²) in [7, 11) is 0. The highest BCUT2D eigenvalue weighted by Gasteiger charge is 1.94. The molecule has 0 amide bonds. The monoisotopic (exact) mass is 181 g/mol. The molecule has 0 bridgehead atoms. The molecular formula is C10H19N3. The highest BCUT2D eigenvalue weighted by Crippen LogP contribution is 1.95. The van der Waals surface area contributed by atoms with Crippen LogP contribution in [0.1, 0.15) is 46.0 Å². The number of unbranched alkanes of at least 4 members (excludes halogenated alkanes) is 3. The molecule has 74 valence electrons. The van der Waals surface area contributed by atoms with Gasteiger partial charge in [0, 0.05) is 6.21 Å². The van der Waals surface area contributed by atoms with Gasteiger partial charge in [0.05, 0.1) is 18.5 Å². The van der Waals surface area contributed by atoms with E-state index in [-0.39, 0.29) is 6.04 Å². The van der Waals surface area contributed by atoms with Crippen LogP contribution in [0.5, 0.6) is 0 Å². The smallest absolute Gasteiger partial charge is 0.0643 e. The second kappa shape index (κ2) is 9.05. The van der Waals surface area contributed by atoms with E-state index in [0.717, 1.165) is 6.42 Å². The molecule has 0 saturated carbocycles. The molecule has 1 atom stereocenters. The van der Waals surface area contributed by atoms with Crippen LogP contribution in [-0.4, -0.2) is 12.3 Å². The van der Waals surface area contributed by atoms with E-state index in [1.54, 1.807) is 0 Å². The second-order valence-electron chi connectivity index (χ2n) is 3.20. The Labute approximate surface area is 80.8 Å². The third-order valence-electron chi connectivity index (χ3n) is 1.72. The van der Waals surface area contributed by atoms with Crippen molar-refractivity contribution in [1.82, 2.24) is 5.43 Å². The van der Waals surface area contributed by atoms with Crippen molar-refractivity contribution in [3.8, 4) is 6.07 Å². The highest BCUT2D eigenvalue weighted by molar-refractivity contribution is 5.56. The summed E-state index contributed by atoms with van der Waals surface area (Å²) in [6, 6.07) is 2.25. The molecular weight excluding hydrogens is 162 g/mol. The zero-order valence-corrected chi connectivity index (χ0v) is 8.58. The molecule has 0 aromatic rings. The summed E-state index contributed by atoms with van der Waals surface area (Å²) in [4.78, 5) is 0. The molecule has 0 aliphatic heterocycles. The van der Waals surface area contributed by atoms with Gasteiger partial charge in [-0.05, 0) is 19.8 Å². The first-order valence-corrected chi connectivity index (χ1v) is 4.95. The molecule has 0 radical (unpaired) electrons. The van der Waals surface area contributed by atoms with Gasteiger partial charge in [-0.1, -0.05) is 19.8 Å². The minimum absolute atomic E-state index is 0.160. The maximum absolute atomic E-state index is 8.37. The van der Waals surface area contributed by atoms with Gasteiger partial charge in [0.15, 0.2) is 0 Å². The van der Waals surface area contributed by atoms with Crippen molar-refractivity contribution >= 4 is 6.21 Å². The van der Waals surface area contributed by atoms with E-state index in [4.69, 9.17) is 5.26 Å². The number of hydrogen-bond acceptors (Lipinski definition) is 3. The fourth-order valence-corrected chi connectivity index (χ4v) is 0.913. The highest BCUT2D eigenvalue weighted by atomic mass is 15.3. The average Bonchev–Trinajstić information content (AvgIpc) is 2.11. The molecule has 0 spiro atoms. The molecule has 0 aromatic heterocycles. The third-order valence-corrected chi connectivity index (χ3v) is 1.72. The summed E-state index contributed by atoms with van der Waals surface area (Å²) in [5, 5.41) is 12.4. The van der Waals surface area contributed by atoms with Gasteiger partial charge in [0.25, 0.3) is 0 Å². The zero-order valence-electron chi connectivity index (χ0n) is 8.58. The SMILES string of the molecule is CCCCCC=NNC(C)CC#N. The molecule has 1 unspecified atom stereocenters. The van der Waals surface area contributed by atoms with Crippen LogP contribution in [0.25, 0.3) is 0 Å². The predicted molar refractivity (Wildman–Crippen MR) is 55.5 cm³/mol. The molecule has 13 heavy (non-hydrogen) atoms. The lowest BCUT2D eigenvalue weighted by molar-refractivity contribution is 0.584. The summed E-state index contributed by atoms with van der Waals surface area (Å²) in [6.07, 6.45) is 7.14. The largest absolute Gasteiger partial charge is 0.307 e. The summed E-state index contributed by atoms with van der Waals surface area (Å²) >= 11 is 0. The molecule has 1 N–H and O–H groups in total. The van der Waals surface area contributed by atoms with Gasteiger partial charge in [0.1, 0.15) is 0 Å². The van der Waals surface area contributed by atoms with Crippen LogP contribution in [0.3, 0.4) is 0 Å². The Hall–Kier alpha value is -1.04. The minimum Gasteiger partial charge on any atom is -0.307 e. The Morgan fingerprint density at radius 3 is 2.92 bits per heavy atom. The standard InChI is InChI=1S/C10H19N3/c1-3-4-5-6-9-12-13-10(2)7-8-11/h9-10,13H,3-7H2,1-2H3. The normalized spacial score (nSPS) is 12.7. The minimum atomic E-state index is 0.160. The topological polar surface area (TPSA) is 48.2 Å². The van der Waals surface area contributed by atoms with Crippen LogP contribution in [0.15, 0.2) is 5.10 Å². The average molecular weight is 181 g/mol. The second-order valence-corrected chi connectivity index (χ2v) is 3.20. The maximum atomic E-state index is 8.37. The van der Waals surface area contributed by atoms with Crippen molar-refractivity contribution in [3.63, 3.8) is 0 Å². The lowest BCUT2D eigenvalue weighted by atomic mass is 10.2. The van der Waals surface area contributed by atoms with E-state index in [1.807, 2.05) is 13.1 Å². The number of hydrogen-bond donors (Lipinski definition) is 1. The third kappa shape index (κ3) is 8.87. The van der Waals surface area contributed by atoms with E-state index >= 15 is 0 Å². The van der Waals surface area contributed by atoms with Crippen molar-refractivity contribution in [2.75, 3.05) is 0 Å². The van der Waals surface area contributed by atoms with E-state index in [9.17, 15) is 0 Å². The Balaban J connectivity index is 3.26. The maximum Gasteiger partial charge on any atom is 0.0643 e. The molecule has 0 saturated heterocycles. The zero-order chi connectivity index (χ0) is 9.94. The lowest BCUT2D eigenvalue weighted by Crippen LogP contribution is -2.19. The van der Waals surface area contributed by atoms with Crippen LogP contribution < -0.4 is 5.43 Å². The van der Waals surface area contributed by atoms with Crippen molar-refractivity contribution in [3.05, 3.63) is 0 Å². The molecule has 3 heteroatoms. The lowest BCUT2D eigenvalue weighted by Gasteiger charge is -2.04. The van der Waals surface area contributed by atoms with Crippen LogP contribution in [0, 0.1) is 11.3 Å². The summed E-state index contributed by atoms with van der Waals surface area (Å²) in [5.41, 5.74) is 2.91. The molecule has 0 aromatic carbocycles. The first-order chi connectivity index (χ1) is 6.31. The predicted octanol–water partition coefficient (Wildman–Crippen LogP) is 2.44. The van der Waals surface area contributed by atoms with Gasteiger partial charge >= 0.3 is 0 Å². The van der Waals surface area contributed by atoms with Gasteiger partial charge < -0.3 is 5.43 Å². The number of nitrogens with zero attached hydrogens (tertiary/aromatic N) is 2. The van der Waals surface area contributed by atoms with Crippen LogP contribution in [-0.2, 0) is 0 Å². The Morgan fingerprint density at radius 1 is 1.54 bits per heavy atom. The molecule has 0 fully saturated rings. The molecule has 0 rings (SSSR count). The van der Waals surface area contributed by atoms with E-state index in [0.29, 0.717) is 6.42 Å². The molecule has 0 aliphatic rings. The van der Waals surface area contributed by atoms with Crippen LogP contribution in [0.4, 0.5) is 0 Å². The number of rotatable bonds is 7. The fraction of sp³-hybridized carbons (Fsp3) is 0.800. The molecule has 0 aliphatic carbocycles. The number of hydrazone groups is 1. The summed E-state index contributed by atoms with van der Waals surface area (Å²) in [5.74, 6) is 0. The van der Waals surface area contributed by atoms with Gasteiger partial charge in [-0.25, -0.2) is 0 Å². The van der Waals surface area contributed by atoms with Gasteiger partial charge in [-0.15, -0.1) is 0 Å². The van der Waals surface area contributed by atoms with E-state index in [1.165, 1.54) is 19.3 Å².